The summed E-state index contributed by atoms with van der Waals surface area (Å²) in [6.45, 7) is 0.431. The Morgan fingerprint density at radius 2 is 2.14 bits per heavy atom. The van der Waals surface area contributed by atoms with Gasteiger partial charge in [-0.05, 0) is 11.6 Å². The van der Waals surface area contributed by atoms with Crippen LogP contribution >= 0.6 is 11.3 Å². The molecule has 1 saturated heterocycles. The van der Waals surface area contributed by atoms with Gasteiger partial charge in [-0.25, -0.2) is 4.98 Å². The molecule has 2 aromatic rings. The molecule has 1 amide bonds. The maximum Gasteiger partial charge on any atom is 0.227 e. The van der Waals surface area contributed by atoms with Crippen molar-refractivity contribution < 1.29 is 9.59 Å². The molecule has 1 aliphatic heterocycles. The quantitative estimate of drug-likeness (QED) is 0.816. The van der Waals surface area contributed by atoms with Gasteiger partial charge < -0.3 is 4.90 Å². The number of likely N-dealkylation sites (tertiary alicyclic amines) is 1. The van der Waals surface area contributed by atoms with Crippen molar-refractivity contribution in [2.45, 2.75) is 6.42 Å². The number of carbonyl (C=O) groups excluding carboxylic acids is 2. The van der Waals surface area contributed by atoms with Crippen LogP contribution in [0.2, 0.25) is 0 Å². The lowest BCUT2D eigenvalue weighted by molar-refractivity contribution is -0.125. The predicted octanol–water partition coefficient (Wildman–Crippen LogP) is 2.85. The average Bonchev–Trinajstić information content (AvgIpc) is 3.15. The molecule has 0 unspecified atom stereocenters. The molecule has 4 nitrogen and oxygen atoms in total. The molecule has 0 bridgehead atoms. The lowest BCUT2D eigenvalue weighted by atomic mass is 10.0. The summed E-state index contributed by atoms with van der Waals surface area (Å²) >= 11 is 1.32. The topological polar surface area (TPSA) is 50.3 Å². The van der Waals surface area contributed by atoms with Gasteiger partial charge in [0.2, 0.25) is 5.91 Å². The summed E-state index contributed by atoms with van der Waals surface area (Å²) in [5, 5.41) is 2.26. The van der Waals surface area contributed by atoms with Crippen molar-refractivity contribution in [2.24, 2.45) is 5.92 Å². The third-order valence-electron chi connectivity index (χ3n) is 3.42. The molecule has 1 aromatic carbocycles. The SMILES string of the molecule is O=C(c1nccs1)[C@@H]1CC(=O)N(C=Cc2ccccc2)C1. The molecule has 5 heteroatoms. The van der Waals surface area contributed by atoms with Crippen LogP contribution in [-0.2, 0) is 4.79 Å². The van der Waals surface area contributed by atoms with Gasteiger partial charge in [-0.3, -0.25) is 9.59 Å². The smallest absolute Gasteiger partial charge is 0.227 e. The Morgan fingerprint density at radius 1 is 1.33 bits per heavy atom. The number of benzene rings is 1. The van der Waals surface area contributed by atoms with Crippen LogP contribution in [0.1, 0.15) is 21.8 Å². The van der Waals surface area contributed by atoms with Crippen LogP contribution in [0, 0.1) is 5.92 Å². The van der Waals surface area contributed by atoms with Gasteiger partial charge in [0, 0.05) is 30.7 Å². The standard InChI is InChI=1S/C16H14N2O2S/c19-14-10-13(15(20)16-17-7-9-21-16)11-18(14)8-6-12-4-2-1-3-5-12/h1-9,13H,10-11H2/t13-/m1/s1. The number of ketones is 1. The molecule has 1 atom stereocenters. The number of hydrogen-bond acceptors (Lipinski definition) is 4. The first kappa shape index (κ1) is 13.7. The largest absolute Gasteiger partial charge is 0.318 e. The highest BCUT2D eigenvalue weighted by Crippen LogP contribution is 2.23. The van der Waals surface area contributed by atoms with E-state index in [1.807, 2.05) is 36.4 Å². The fraction of sp³-hybridized carbons (Fsp3) is 0.188. The molecule has 106 valence electrons. The summed E-state index contributed by atoms with van der Waals surface area (Å²) in [6.07, 6.45) is 5.51. The van der Waals surface area contributed by atoms with Gasteiger partial charge in [0.05, 0.1) is 5.92 Å². The highest BCUT2D eigenvalue weighted by molar-refractivity contribution is 7.11. The molecular weight excluding hydrogens is 284 g/mol. The molecule has 1 fully saturated rings. The zero-order chi connectivity index (χ0) is 14.7. The monoisotopic (exact) mass is 298 g/mol. The maximum atomic E-state index is 12.2. The Kier molecular flexibility index (Phi) is 3.92. The van der Waals surface area contributed by atoms with Crippen LogP contribution in [0.3, 0.4) is 0 Å². The summed E-state index contributed by atoms with van der Waals surface area (Å²) in [5.41, 5.74) is 1.03. The van der Waals surface area contributed by atoms with Crippen LogP contribution < -0.4 is 0 Å². The first-order valence-electron chi connectivity index (χ1n) is 6.70. The third kappa shape index (κ3) is 3.08. The summed E-state index contributed by atoms with van der Waals surface area (Å²) in [6, 6.07) is 9.77. The number of carbonyl (C=O) groups is 2. The van der Waals surface area contributed by atoms with Gasteiger partial charge in [0.25, 0.3) is 0 Å². The fourth-order valence-corrected chi connectivity index (χ4v) is 2.97. The maximum absolute atomic E-state index is 12.2. The minimum absolute atomic E-state index is 0.0166. The van der Waals surface area contributed by atoms with Crippen LogP contribution in [0.5, 0.6) is 0 Å². The molecule has 21 heavy (non-hydrogen) atoms. The molecule has 3 rings (SSSR count). The van der Waals surface area contributed by atoms with E-state index in [0.717, 1.165) is 5.56 Å². The second kappa shape index (κ2) is 6.01. The number of aromatic nitrogens is 1. The van der Waals surface area contributed by atoms with Crippen LogP contribution in [0.15, 0.2) is 48.1 Å². The highest BCUT2D eigenvalue weighted by Gasteiger charge is 2.34. The third-order valence-corrected chi connectivity index (χ3v) is 4.21. The summed E-state index contributed by atoms with van der Waals surface area (Å²) in [4.78, 5) is 29.8. The average molecular weight is 298 g/mol. The lowest BCUT2D eigenvalue weighted by Crippen LogP contribution is -2.20. The Morgan fingerprint density at radius 3 is 2.86 bits per heavy atom. The normalized spacial score (nSPS) is 18.6. The van der Waals surface area contributed by atoms with Crippen molar-refractivity contribution in [3.8, 4) is 0 Å². The molecule has 1 aliphatic rings. The van der Waals surface area contributed by atoms with E-state index in [1.54, 1.807) is 22.7 Å². The number of amides is 1. The molecule has 0 aliphatic carbocycles. The summed E-state index contributed by atoms with van der Waals surface area (Å²) in [5.74, 6) is -0.338. The first-order chi connectivity index (χ1) is 10.2. The second-order valence-corrected chi connectivity index (χ2v) is 5.77. The van der Waals surface area contributed by atoms with E-state index < -0.39 is 0 Å². The van der Waals surface area contributed by atoms with E-state index in [2.05, 4.69) is 4.98 Å². The van der Waals surface area contributed by atoms with Crippen LogP contribution in [-0.4, -0.2) is 28.1 Å². The molecule has 1 aromatic heterocycles. The van der Waals surface area contributed by atoms with E-state index >= 15 is 0 Å². The lowest BCUT2D eigenvalue weighted by Gasteiger charge is -2.10. The summed E-state index contributed by atoms with van der Waals surface area (Å²) in [7, 11) is 0. The minimum atomic E-state index is -0.288. The Balaban J connectivity index is 1.68. The first-order valence-corrected chi connectivity index (χ1v) is 7.58. The van der Waals surface area contributed by atoms with Gasteiger partial charge in [-0.1, -0.05) is 30.3 Å². The van der Waals surface area contributed by atoms with E-state index in [-0.39, 0.29) is 24.0 Å². The van der Waals surface area contributed by atoms with Crippen molar-refractivity contribution in [3.05, 3.63) is 58.7 Å². The van der Waals surface area contributed by atoms with E-state index in [1.165, 1.54) is 11.3 Å². The number of nitrogens with zero attached hydrogens (tertiary/aromatic N) is 2. The number of Topliss-reactive ketones (excluding diaryl/α,β-unsaturated/α-hetero) is 1. The molecule has 0 spiro atoms. The highest BCUT2D eigenvalue weighted by atomic mass is 32.1. The van der Waals surface area contributed by atoms with Gasteiger partial charge in [0.1, 0.15) is 0 Å². The van der Waals surface area contributed by atoms with Crippen molar-refractivity contribution in [1.82, 2.24) is 9.88 Å². The van der Waals surface area contributed by atoms with Crippen molar-refractivity contribution in [3.63, 3.8) is 0 Å². The fourth-order valence-electron chi connectivity index (χ4n) is 2.31. The van der Waals surface area contributed by atoms with Crippen LogP contribution in [0.25, 0.3) is 6.08 Å². The zero-order valence-corrected chi connectivity index (χ0v) is 12.1. The van der Waals surface area contributed by atoms with Gasteiger partial charge in [0.15, 0.2) is 10.8 Å². The Hall–Kier alpha value is -2.27. The summed E-state index contributed by atoms with van der Waals surface area (Å²) < 4.78 is 0. The number of rotatable bonds is 4. The van der Waals surface area contributed by atoms with Gasteiger partial charge in [-0.15, -0.1) is 11.3 Å². The molecule has 0 saturated carbocycles. The van der Waals surface area contributed by atoms with Crippen molar-refractivity contribution in [1.29, 1.82) is 0 Å². The van der Waals surface area contributed by atoms with E-state index in [9.17, 15) is 9.59 Å². The Labute approximate surface area is 126 Å². The predicted molar refractivity (Wildman–Crippen MR) is 81.7 cm³/mol. The molecule has 0 radical (unpaired) electrons. The molecule has 0 N–H and O–H groups in total. The molecular formula is C16H14N2O2S. The van der Waals surface area contributed by atoms with Gasteiger partial charge in [-0.2, -0.15) is 0 Å². The van der Waals surface area contributed by atoms with Gasteiger partial charge >= 0.3 is 0 Å². The van der Waals surface area contributed by atoms with E-state index in [0.29, 0.717) is 11.6 Å². The second-order valence-electron chi connectivity index (χ2n) is 4.88. The molecule has 2 heterocycles. The van der Waals surface area contributed by atoms with Crippen molar-refractivity contribution >= 4 is 29.1 Å². The minimum Gasteiger partial charge on any atom is -0.318 e. The van der Waals surface area contributed by atoms with Crippen molar-refractivity contribution in [2.75, 3.05) is 6.54 Å². The Bertz CT molecular complexity index is 665. The number of thiazole rings is 1. The number of hydrogen-bond donors (Lipinski definition) is 0. The van der Waals surface area contributed by atoms with E-state index in [4.69, 9.17) is 0 Å². The zero-order valence-electron chi connectivity index (χ0n) is 11.3. The van der Waals surface area contributed by atoms with Crippen LogP contribution in [0.4, 0.5) is 0 Å².